The van der Waals surface area contributed by atoms with Crippen LogP contribution >= 0.6 is 0 Å². The second-order valence-electron chi connectivity index (χ2n) is 8.57. The van der Waals surface area contributed by atoms with E-state index in [1.54, 1.807) is 0 Å². The molecule has 1 atom stereocenters. The number of carbonyl (C=O) groups is 2. The Labute approximate surface area is 162 Å². The number of benzene rings is 1. The van der Waals surface area contributed by atoms with Gasteiger partial charge >= 0.3 is 0 Å². The predicted octanol–water partition coefficient (Wildman–Crippen LogP) is 2.85. The maximum absolute atomic E-state index is 13.1. The zero-order chi connectivity index (χ0) is 19.3. The monoisotopic (exact) mass is 371 g/mol. The standard InChI is InChI=1S/C22H33N3O2/c1-17(2)23-20(26)14-22(11-6-7-12-22)21(27)24-19-10-13-25(16-19)15-18-8-4-3-5-9-18/h3-5,8-9,17,19H,6-7,10-16H2,1-2H3,(H,23,26)(H,24,27)/t19-/m0/s1. The lowest BCUT2D eigenvalue weighted by molar-refractivity contribution is -0.137. The van der Waals surface area contributed by atoms with E-state index in [-0.39, 0.29) is 23.9 Å². The van der Waals surface area contributed by atoms with Gasteiger partial charge < -0.3 is 10.6 Å². The van der Waals surface area contributed by atoms with Gasteiger partial charge in [-0.05, 0) is 38.7 Å². The second-order valence-corrected chi connectivity index (χ2v) is 8.57. The molecule has 0 bridgehead atoms. The van der Waals surface area contributed by atoms with Crippen molar-refractivity contribution >= 4 is 11.8 Å². The van der Waals surface area contributed by atoms with Gasteiger partial charge in [-0.2, -0.15) is 0 Å². The fraction of sp³-hybridized carbons (Fsp3) is 0.636. The van der Waals surface area contributed by atoms with Crippen LogP contribution in [0.25, 0.3) is 0 Å². The van der Waals surface area contributed by atoms with Crippen LogP contribution in [0.2, 0.25) is 0 Å². The Bertz CT molecular complexity index is 638. The lowest BCUT2D eigenvalue weighted by Crippen LogP contribution is -2.47. The maximum Gasteiger partial charge on any atom is 0.226 e. The van der Waals surface area contributed by atoms with E-state index in [4.69, 9.17) is 0 Å². The summed E-state index contributed by atoms with van der Waals surface area (Å²) in [5, 5.41) is 6.23. The van der Waals surface area contributed by atoms with E-state index in [9.17, 15) is 9.59 Å². The summed E-state index contributed by atoms with van der Waals surface area (Å²) >= 11 is 0. The molecule has 27 heavy (non-hydrogen) atoms. The maximum atomic E-state index is 13.1. The van der Waals surface area contributed by atoms with Gasteiger partial charge in [0.2, 0.25) is 11.8 Å². The lowest BCUT2D eigenvalue weighted by Gasteiger charge is -2.29. The van der Waals surface area contributed by atoms with Crippen molar-refractivity contribution < 1.29 is 9.59 Å². The summed E-state index contributed by atoms with van der Waals surface area (Å²) in [5.74, 6) is 0.0876. The molecule has 2 fully saturated rings. The van der Waals surface area contributed by atoms with E-state index in [0.29, 0.717) is 6.42 Å². The van der Waals surface area contributed by atoms with Crippen molar-refractivity contribution in [2.75, 3.05) is 13.1 Å². The number of hydrogen-bond acceptors (Lipinski definition) is 3. The Morgan fingerprint density at radius 3 is 2.56 bits per heavy atom. The Morgan fingerprint density at radius 2 is 1.89 bits per heavy atom. The van der Waals surface area contributed by atoms with Gasteiger partial charge in [0.1, 0.15) is 0 Å². The van der Waals surface area contributed by atoms with Crippen LogP contribution in [0.4, 0.5) is 0 Å². The van der Waals surface area contributed by atoms with E-state index < -0.39 is 5.41 Å². The summed E-state index contributed by atoms with van der Waals surface area (Å²) in [6.45, 7) is 6.73. The molecule has 5 heteroatoms. The van der Waals surface area contributed by atoms with Gasteiger partial charge in [-0.3, -0.25) is 14.5 Å². The molecule has 148 valence electrons. The summed E-state index contributed by atoms with van der Waals surface area (Å²) in [4.78, 5) is 27.8. The number of likely N-dealkylation sites (tertiary alicyclic amines) is 1. The number of rotatable bonds is 7. The van der Waals surface area contributed by atoms with Crippen LogP contribution in [-0.2, 0) is 16.1 Å². The first-order valence-corrected chi connectivity index (χ1v) is 10.3. The minimum atomic E-state index is -0.508. The molecule has 0 unspecified atom stereocenters. The summed E-state index contributed by atoms with van der Waals surface area (Å²) in [6.07, 6.45) is 5.01. The molecule has 0 spiro atoms. The SMILES string of the molecule is CC(C)NC(=O)CC1(C(=O)N[C@H]2CCN(Cc3ccccc3)C2)CCCC1. The van der Waals surface area contributed by atoms with Gasteiger partial charge in [0.05, 0.1) is 5.41 Å². The highest BCUT2D eigenvalue weighted by Crippen LogP contribution is 2.41. The van der Waals surface area contributed by atoms with Crippen molar-refractivity contribution in [3.8, 4) is 0 Å². The van der Waals surface area contributed by atoms with Gasteiger partial charge in [-0.25, -0.2) is 0 Å². The van der Waals surface area contributed by atoms with Crippen molar-refractivity contribution in [2.45, 2.75) is 71.0 Å². The van der Waals surface area contributed by atoms with Crippen LogP contribution in [0.15, 0.2) is 30.3 Å². The van der Waals surface area contributed by atoms with E-state index in [1.807, 2.05) is 19.9 Å². The number of carbonyl (C=O) groups excluding carboxylic acids is 2. The van der Waals surface area contributed by atoms with Gasteiger partial charge in [0.15, 0.2) is 0 Å². The average Bonchev–Trinajstić information content (AvgIpc) is 3.25. The summed E-state index contributed by atoms with van der Waals surface area (Å²) < 4.78 is 0. The molecule has 1 aromatic carbocycles. The first-order valence-electron chi connectivity index (χ1n) is 10.3. The number of amides is 2. The molecule has 0 radical (unpaired) electrons. The number of nitrogens with zero attached hydrogens (tertiary/aromatic N) is 1. The minimum absolute atomic E-state index is 0.000763. The van der Waals surface area contributed by atoms with Crippen molar-refractivity contribution in [3.05, 3.63) is 35.9 Å². The predicted molar refractivity (Wildman–Crippen MR) is 107 cm³/mol. The average molecular weight is 372 g/mol. The normalized spacial score (nSPS) is 22.1. The van der Waals surface area contributed by atoms with Gasteiger partial charge in [-0.1, -0.05) is 43.2 Å². The Kier molecular flexibility index (Phi) is 6.53. The largest absolute Gasteiger partial charge is 0.354 e. The van der Waals surface area contributed by atoms with E-state index in [0.717, 1.165) is 51.7 Å². The fourth-order valence-electron chi connectivity index (χ4n) is 4.49. The molecule has 2 aliphatic rings. The third-order valence-electron chi connectivity index (χ3n) is 5.85. The summed E-state index contributed by atoms with van der Waals surface area (Å²) in [7, 11) is 0. The highest BCUT2D eigenvalue weighted by Gasteiger charge is 2.43. The Morgan fingerprint density at radius 1 is 1.19 bits per heavy atom. The Hall–Kier alpha value is -1.88. The van der Waals surface area contributed by atoms with Crippen LogP contribution in [0.3, 0.4) is 0 Å². The molecule has 1 aromatic rings. The van der Waals surface area contributed by atoms with E-state index in [2.05, 4.69) is 39.8 Å². The van der Waals surface area contributed by atoms with Crippen LogP contribution in [-0.4, -0.2) is 41.9 Å². The fourth-order valence-corrected chi connectivity index (χ4v) is 4.49. The van der Waals surface area contributed by atoms with Crippen molar-refractivity contribution in [2.24, 2.45) is 5.41 Å². The van der Waals surface area contributed by atoms with Crippen LogP contribution in [0, 0.1) is 5.41 Å². The van der Waals surface area contributed by atoms with Gasteiger partial charge in [0, 0.05) is 38.1 Å². The Balaban J connectivity index is 1.54. The summed E-state index contributed by atoms with van der Waals surface area (Å²) in [6, 6.07) is 10.8. The van der Waals surface area contributed by atoms with Crippen LogP contribution in [0.5, 0.6) is 0 Å². The minimum Gasteiger partial charge on any atom is -0.354 e. The smallest absolute Gasteiger partial charge is 0.226 e. The molecule has 1 aliphatic heterocycles. The van der Waals surface area contributed by atoms with Crippen LogP contribution in [0.1, 0.15) is 57.9 Å². The first kappa shape index (κ1) is 19.9. The lowest BCUT2D eigenvalue weighted by atomic mass is 9.81. The second kappa shape index (κ2) is 8.87. The molecule has 5 nitrogen and oxygen atoms in total. The molecule has 2 N–H and O–H groups in total. The molecule has 1 heterocycles. The van der Waals surface area contributed by atoms with Gasteiger partial charge in [0.25, 0.3) is 0 Å². The zero-order valence-electron chi connectivity index (χ0n) is 16.7. The van der Waals surface area contributed by atoms with Crippen molar-refractivity contribution in [3.63, 3.8) is 0 Å². The molecular formula is C22H33N3O2. The van der Waals surface area contributed by atoms with E-state index in [1.165, 1.54) is 5.56 Å². The van der Waals surface area contributed by atoms with Gasteiger partial charge in [-0.15, -0.1) is 0 Å². The molecule has 0 aromatic heterocycles. The third-order valence-corrected chi connectivity index (χ3v) is 5.85. The molecule has 1 saturated heterocycles. The van der Waals surface area contributed by atoms with E-state index >= 15 is 0 Å². The topological polar surface area (TPSA) is 61.4 Å². The molecule has 2 amide bonds. The molecule has 3 rings (SSSR count). The summed E-state index contributed by atoms with van der Waals surface area (Å²) in [5.41, 5.74) is 0.799. The van der Waals surface area contributed by atoms with Crippen molar-refractivity contribution in [1.82, 2.24) is 15.5 Å². The molecule has 1 aliphatic carbocycles. The number of nitrogens with one attached hydrogen (secondary N) is 2. The zero-order valence-corrected chi connectivity index (χ0v) is 16.7. The first-order chi connectivity index (χ1) is 13.0. The highest BCUT2D eigenvalue weighted by molar-refractivity contribution is 5.89. The number of hydrogen-bond donors (Lipinski definition) is 2. The van der Waals surface area contributed by atoms with Crippen LogP contribution < -0.4 is 10.6 Å². The molecule has 1 saturated carbocycles. The third kappa shape index (κ3) is 5.32. The highest BCUT2D eigenvalue weighted by atomic mass is 16.2. The quantitative estimate of drug-likeness (QED) is 0.775. The van der Waals surface area contributed by atoms with Crippen molar-refractivity contribution in [1.29, 1.82) is 0 Å². The molecular weight excluding hydrogens is 338 g/mol.